The number of carboxylic acid groups (broad SMARTS) is 1. The van der Waals surface area contributed by atoms with Gasteiger partial charge in [0.2, 0.25) is 5.91 Å². The maximum absolute atomic E-state index is 12.4. The molecule has 0 spiro atoms. The summed E-state index contributed by atoms with van der Waals surface area (Å²) in [6, 6.07) is 4.94. The van der Waals surface area contributed by atoms with Gasteiger partial charge in [-0.2, -0.15) is 0 Å². The van der Waals surface area contributed by atoms with E-state index in [9.17, 15) is 19.5 Å². The molecule has 0 radical (unpaired) electrons. The molecule has 0 aromatic heterocycles. The average Bonchev–Trinajstić information content (AvgIpc) is 3.24. The Morgan fingerprint density at radius 3 is 2.65 bits per heavy atom. The van der Waals surface area contributed by atoms with E-state index in [0.29, 0.717) is 43.1 Å². The Balaban J connectivity index is 1.72. The molecule has 140 valence electrons. The van der Waals surface area contributed by atoms with Gasteiger partial charge in [-0.05, 0) is 25.0 Å². The highest BCUT2D eigenvalue weighted by molar-refractivity contribution is 5.96. The third kappa shape index (κ3) is 3.44. The third-order valence-corrected chi connectivity index (χ3v) is 5.03. The number of hydrogen-bond acceptors (Lipinski definition) is 5. The Bertz CT molecular complexity index is 726. The van der Waals surface area contributed by atoms with Crippen LogP contribution >= 0.6 is 0 Å². The summed E-state index contributed by atoms with van der Waals surface area (Å²) in [5, 5.41) is 12.2. The van der Waals surface area contributed by atoms with Crippen LogP contribution in [0.25, 0.3) is 0 Å². The molecule has 1 saturated carbocycles. The normalized spacial score (nSPS) is 18.5. The molecule has 2 amide bonds. The van der Waals surface area contributed by atoms with Crippen molar-refractivity contribution in [2.75, 3.05) is 30.5 Å². The second kappa shape index (κ2) is 7.23. The Morgan fingerprint density at radius 2 is 2.08 bits per heavy atom. The fourth-order valence-corrected chi connectivity index (χ4v) is 3.62. The summed E-state index contributed by atoms with van der Waals surface area (Å²) in [7, 11) is 1.48. The molecule has 1 aliphatic heterocycles. The van der Waals surface area contributed by atoms with Crippen LogP contribution in [0.3, 0.4) is 0 Å². The fraction of sp³-hybridized carbons (Fsp3) is 0.500. The number of rotatable bonds is 6. The van der Waals surface area contributed by atoms with E-state index in [4.69, 9.17) is 9.47 Å². The molecule has 1 aliphatic carbocycles. The van der Waals surface area contributed by atoms with E-state index in [2.05, 4.69) is 5.32 Å². The fourth-order valence-electron chi connectivity index (χ4n) is 3.62. The molecule has 1 aromatic carbocycles. The molecule has 1 saturated heterocycles. The topological polar surface area (TPSA) is 105 Å². The van der Waals surface area contributed by atoms with Crippen LogP contribution in [0.5, 0.6) is 5.75 Å². The third-order valence-electron chi connectivity index (χ3n) is 5.03. The number of hydrogen-bond donors (Lipinski definition) is 2. The number of aliphatic carboxylic acids is 1. The van der Waals surface area contributed by atoms with Gasteiger partial charge in [0.25, 0.3) is 0 Å². The van der Waals surface area contributed by atoms with Crippen LogP contribution in [0.15, 0.2) is 18.2 Å². The Labute approximate surface area is 151 Å². The van der Waals surface area contributed by atoms with E-state index in [1.54, 1.807) is 18.2 Å². The Kier molecular flexibility index (Phi) is 5.01. The second-order valence-electron chi connectivity index (χ2n) is 6.67. The monoisotopic (exact) mass is 362 g/mol. The van der Waals surface area contributed by atoms with Crippen LogP contribution in [-0.2, 0) is 14.3 Å². The minimum absolute atomic E-state index is 0.0507. The average molecular weight is 362 g/mol. The number of cyclic esters (lactones) is 1. The molecule has 2 N–H and O–H groups in total. The van der Waals surface area contributed by atoms with Gasteiger partial charge in [0.1, 0.15) is 12.4 Å². The zero-order valence-electron chi connectivity index (χ0n) is 14.6. The molecular formula is C18H22N2O6. The van der Waals surface area contributed by atoms with Crippen LogP contribution in [0.1, 0.15) is 32.1 Å². The number of ether oxygens (including phenoxy) is 2. The first-order valence-corrected chi connectivity index (χ1v) is 8.61. The molecule has 26 heavy (non-hydrogen) atoms. The molecule has 0 atom stereocenters. The lowest BCUT2D eigenvalue weighted by Crippen LogP contribution is -2.32. The lowest BCUT2D eigenvalue weighted by atomic mass is 9.82. The lowest BCUT2D eigenvalue weighted by Gasteiger charge is -2.23. The summed E-state index contributed by atoms with van der Waals surface area (Å²) in [6.45, 7) is 0.750. The van der Waals surface area contributed by atoms with E-state index in [-0.39, 0.29) is 12.3 Å². The zero-order valence-corrected chi connectivity index (χ0v) is 14.6. The summed E-state index contributed by atoms with van der Waals surface area (Å²) in [4.78, 5) is 37.1. The summed E-state index contributed by atoms with van der Waals surface area (Å²) in [5.41, 5.74) is 0.0837. The van der Waals surface area contributed by atoms with Crippen molar-refractivity contribution in [1.82, 2.24) is 0 Å². The van der Waals surface area contributed by atoms with Crippen molar-refractivity contribution >= 4 is 29.3 Å². The predicted octanol–water partition coefficient (Wildman–Crippen LogP) is 2.63. The standard InChI is InChI=1S/C18H22N2O6/c1-25-14-10-12(4-5-13(14)20-8-9-26-17(20)24)19-15(21)11-18(16(22)23)6-2-3-7-18/h4-5,10H,2-3,6-9,11H2,1H3,(H,19,21)(H,22,23). The second-order valence-corrected chi connectivity index (χ2v) is 6.67. The van der Waals surface area contributed by atoms with Crippen LogP contribution < -0.4 is 15.0 Å². The van der Waals surface area contributed by atoms with Crippen molar-refractivity contribution in [3.8, 4) is 5.75 Å². The SMILES string of the molecule is COc1cc(NC(=O)CC2(C(=O)O)CCCC2)ccc1N1CCOC1=O. The molecule has 8 heteroatoms. The van der Waals surface area contributed by atoms with Crippen molar-refractivity contribution < 1.29 is 29.0 Å². The van der Waals surface area contributed by atoms with Gasteiger partial charge in [0.05, 0.1) is 24.8 Å². The number of carbonyl (C=O) groups is 3. The number of carbonyl (C=O) groups excluding carboxylic acids is 2. The minimum atomic E-state index is -0.965. The first kappa shape index (κ1) is 18.0. The first-order chi connectivity index (χ1) is 12.4. The Hall–Kier alpha value is -2.77. The van der Waals surface area contributed by atoms with E-state index in [1.165, 1.54) is 12.0 Å². The van der Waals surface area contributed by atoms with E-state index in [1.807, 2.05) is 0 Å². The van der Waals surface area contributed by atoms with Gasteiger partial charge in [-0.3, -0.25) is 14.5 Å². The molecule has 1 heterocycles. The van der Waals surface area contributed by atoms with Gasteiger partial charge >= 0.3 is 12.1 Å². The lowest BCUT2D eigenvalue weighted by molar-refractivity contribution is -0.150. The number of benzene rings is 1. The van der Waals surface area contributed by atoms with Crippen molar-refractivity contribution in [3.05, 3.63) is 18.2 Å². The largest absolute Gasteiger partial charge is 0.494 e. The van der Waals surface area contributed by atoms with Crippen LogP contribution in [0.2, 0.25) is 0 Å². The quantitative estimate of drug-likeness (QED) is 0.806. The number of anilines is 2. The van der Waals surface area contributed by atoms with Crippen molar-refractivity contribution in [2.45, 2.75) is 32.1 Å². The number of nitrogens with one attached hydrogen (secondary N) is 1. The number of nitrogens with zero attached hydrogens (tertiary/aromatic N) is 1. The zero-order chi connectivity index (χ0) is 18.7. The number of methoxy groups -OCH3 is 1. The van der Waals surface area contributed by atoms with E-state index in [0.717, 1.165) is 12.8 Å². The van der Waals surface area contributed by atoms with Crippen molar-refractivity contribution in [3.63, 3.8) is 0 Å². The predicted molar refractivity (Wildman–Crippen MR) is 93.5 cm³/mol. The van der Waals surface area contributed by atoms with Gasteiger partial charge in [-0.25, -0.2) is 4.79 Å². The van der Waals surface area contributed by atoms with Gasteiger partial charge in [0, 0.05) is 18.2 Å². The van der Waals surface area contributed by atoms with Gasteiger partial charge in [-0.15, -0.1) is 0 Å². The van der Waals surface area contributed by atoms with Gasteiger partial charge in [0.15, 0.2) is 0 Å². The van der Waals surface area contributed by atoms with Crippen molar-refractivity contribution in [2.24, 2.45) is 5.41 Å². The van der Waals surface area contributed by atoms with E-state index >= 15 is 0 Å². The molecule has 2 aliphatic rings. The van der Waals surface area contributed by atoms with Crippen LogP contribution in [-0.4, -0.2) is 43.3 Å². The summed E-state index contributed by atoms with van der Waals surface area (Å²) in [6.07, 6.45) is 2.21. The van der Waals surface area contributed by atoms with Gasteiger partial charge in [-0.1, -0.05) is 12.8 Å². The van der Waals surface area contributed by atoms with Crippen LogP contribution in [0.4, 0.5) is 16.2 Å². The van der Waals surface area contributed by atoms with Gasteiger partial charge < -0.3 is 19.9 Å². The highest BCUT2D eigenvalue weighted by atomic mass is 16.6. The van der Waals surface area contributed by atoms with E-state index < -0.39 is 17.5 Å². The van der Waals surface area contributed by atoms with Crippen LogP contribution in [0, 0.1) is 5.41 Å². The number of amides is 2. The maximum Gasteiger partial charge on any atom is 0.414 e. The molecule has 8 nitrogen and oxygen atoms in total. The summed E-state index contributed by atoms with van der Waals surface area (Å²) in [5.74, 6) is -0.828. The first-order valence-electron chi connectivity index (χ1n) is 8.61. The highest BCUT2D eigenvalue weighted by Gasteiger charge is 2.43. The molecule has 1 aromatic rings. The molecule has 0 unspecified atom stereocenters. The minimum Gasteiger partial charge on any atom is -0.494 e. The smallest absolute Gasteiger partial charge is 0.414 e. The van der Waals surface area contributed by atoms with Crippen molar-refractivity contribution in [1.29, 1.82) is 0 Å². The molecular weight excluding hydrogens is 340 g/mol. The Morgan fingerprint density at radius 1 is 1.35 bits per heavy atom. The highest BCUT2D eigenvalue weighted by Crippen LogP contribution is 2.41. The molecule has 0 bridgehead atoms. The summed E-state index contributed by atoms with van der Waals surface area (Å²) < 4.78 is 10.3. The summed E-state index contributed by atoms with van der Waals surface area (Å²) >= 11 is 0. The molecule has 3 rings (SSSR count). The number of carboxylic acids is 1. The molecule has 2 fully saturated rings. The maximum atomic E-state index is 12.4.